The molecule has 2 fully saturated rings. The predicted molar refractivity (Wildman–Crippen MR) is 100 cm³/mol. The molecule has 0 bridgehead atoms. The van der Waals surface area contributed by atoms with Gasteiger partial charge in [0.05, 0.1) is 6.04 Å². The quantitative estimate of drug-likeness (QED) is 0.876. The fraction of sp³-hybridized carbons (Fsp3) is 0.632. The molecule has 0 saturated carbocycles. The average molecular weight is 352 g/mol. The summed E-state index contributed by atoms with van der Waals surface area (Å²) in [6, 6.07) is 10.9. The first-order chi connectivity index (χ1) is 11.2. The molecule has 1 aromatic rings. The van der Waals surface area contributed by atoms with Crippen LogP contribution in [-0.2, 0) is 11.3 Å². The van der Waals surface area contributed by atoms with Crippen LogP contribution in [0.4, 0.5) is 0 Å². The SMILES string of the molecule is CC1CCNC(C(=O)NC2CCCN(Cc3ccccc3)C2)C1.Cl. The number of carbonyl (C=O) groups is 1. The summed E-state index contributed by atoms with van der Waals surface area (Å²) < 4.78 is 0. The van der Waals surface area contributed by atoms with Crippen LogP contribution in [0.1, 0.15) is 38.2 Å². The van der Waals surface area contributed by atoms with Crippen LogP contribution in [0.5, 0.6) is 0 Å². The molecule has 3 unspecified atom stereocenters. The van der Waals surface area contributed by atoms with Crippen LogP contribution in [0.15, 0.2) is 30.3 Å². The Morgan fingerprint density at radius 1 is 1.29 bits per heavy atom. The number of nitrogens with zero attached hydrogens (tertiary/aromatic N) is 1. The van der Waals surface area contributed by atoms with Gasteiger partial charge in [-0.05, 0) is 50.3 Å². The minimum atomic E-state index is 0. The Hall–Kier alpha value is -1.10. The third kappa shape index (κ3) is 5.47. The van der Waals surface area contributed by atoms with Gasteiger partial charge in [0.1, 0.15) is 0 Å². The van der Waals surface area contributed by atoms with Crippen molar-refractivity contribution in [2.75, 3.05) is 19.6 Å². The molecule has 1 aromatic carbocycles. The molecule has 5 heteroatoms. The third-order valence-electron chi connectivity index (χ3n) is 5.08. The molecule has 0 radical (unpaired) electrons. The largest absolute Gasteiger partial charge is 0.351 e. The smallest absolute Gasteiger partial charge is 0.237 e. The average Bonchev–Trinajstić information content (AvgIpc) is 2.56. The van der Waals surface area contributed by atoms with E-state index in [4.69, 9.17) is 0 Å². The number of halogens is 1. The molecular weight excluding hydrogens is 322 g/mol. The van der Waals surface area contributed by atoms with Crippen molar-refractivity contribution in [1.82, 2.24) is 15.5 Å². The first kappa shape index (κ1) is 19.2. The summed E-state index contributed by atoms with van der Waals surface area (Å²) in [5.74, 6) is 0.844. The molecule has 2 aliphatic rings. The number of nitrogens with one attached hydrogen (secondary N) is 2. The van der Waals surface area contributed by atoms with Crippen LogP contribution in [0.3, 0.4) is 0 Å². The maximum atomic E-state index is 12.5. The maximum absolute atomic E-state index is 12.5. The Kier molecular flexibility index (Phi) is 7.53. The molecule has 3 rings (SSSR count). The van der Waals surface area contributed by atoms with Gasteiger partial charge in [0, 0.05) is 19.1 Å². The van der Waals surface area contributed by atoms with Crippen LogP contribution < -0.4 is 10.6 Å². The predicted octanol–water partition coefficient (Wildman–Crippen LogP) is 2.58. The lowest BCUT2D eigenvalue weighted by atomic mass is 9.93. The van der Waals surface area contributed by atoms with Gasteiger partial charge in [0.15, 0.2) is 0 Å². The maximum Gasteiger partial charge on any atom is 0.237 e. The van der Waals surface area contributed by atoms with Crippen molar-refractivity contribution < 1.29 is 4.79 Å². The fourth-order valence-corrected chi connectivity index (χ4v) is 3.77. The summed E-state index contributed by atoms with van der Waals surface area (Å²) in [6.07, 6.45) is 4.40. The second kappa shape index (κ2) is 9.40. The lowest BCUT2D eigenvalue weighted by Crippen LogP contribution is -2.54. The van der Waals surface area contributed by atoms with Crippen molar-refractivity contribution in [3.05, 3.63) is 35.9 Å². The van der Waals surface area contributed by atoms with E-state index in [2.05, 4.69) is 52.8 Å². The van der Waals surface area contributed by atoms with Crippen molar-refractivity contribution in [2.24, 2.45) is 5.92 Å². The highest BCUT2D eigenvalue weighted by molar-refractivity contribution is 5.85. The molecule has 4 nitrogen and oxygen atoms in total. The van der Waals surface area contributed by atoms with Crippen LogP contribution in [-0.4, -0.2) is 42.5 Å². The minimum absolute atomic E-state index is 0. The van der Waals surface area contributed by atoms with Crippen molar-refractivity contribution in [3.8, 4) is 0 Å². The highest BCUT2D eigenvalue weighted by Crippen LogP contribution is 2.17. The van der Waals surface area contributed by atoms with Crippen LogP contribution in [0.25, 0.3) is 0 Å². The molecule has 0 aliphatic carbocycles. The molecule has 0 spiro atoms. The van der Waals surface area contributed by atoms with E-state index in [1.807, 2.05) is 0 Å². The second-order valence-corrected chi connectivity index (χ2v) is 7.20. The molecule has 134 valence electrons. The lowest BCUT2D eigenvalue weighted by Gasteiger charge is -2.35. The van der Waals surface area contributed by atoms with E-state index < -0.39 is 0 Å². The van der Waals surface area contributed by atoms with Gasteiger partial charge >= 0.3 is 0 Å². The first-order valence-corrected chi connectivity index (χ1v) is 9.01. The first-order valence-electron chi connectivity index (χ1n) is 9.01. The topological polar surface area (TPSA) is 44.4 Å². The summed E-state index contributed by atoms with van der Waals surface area (Å²) in [4.78, 5) is 14.9. The zero-order valence-electron chi connectivity index (χ0n) is 14.5. The molecule has 24 heavy (non-hydrogen) atoms. The zero-order chi connectivity index (χ0) is 16.1. The van der Waals surface area contributed by atoms with E-state index in [9.17, 15) is 4.79 Å². The molecular formula is C19H30ClN3O. The number of benzene rings is 1. The van der Waals surface area contributed by atoms with E-state index >= 15 is 0 Å². The Morgan fingerprint density at radius 3 is 2.83 bits per heavy atom. The van der Waals surface area contributed by atoms with E-state index in [0.717, 1.165) is 45.4 Å². The van der Waals surface area contributed by atoms with Crippen molar-refractivity contribution in [3.63, 3.8) is 0 Å². The summed E-state index contributed by atoms with van der Waals surface area (Å²) in [7, 11) is 0. The summed E-state index contributed by atoms with van der Waals surface area (Å²) in [6.45, 7) is 6.27. The van der Waals surface area contributed by atoms with E-state index in [0.29, 0.717) is 12.0 Å². The van der Waals surface area contributed by atoms with E-state index in [-0.39, 0.29) is 24.4 Å². The van der Waals surface area contributed by atoms with Crippen LogP contribution >= 0.6 is 12.4 Å². The highest BCUT2D eigenvalue weighted by atomic mass is 35.5. The molecule has 1 amide bonds. The Bertz CT molecular complexity index is 511. The second-order valence-electron chi connectivity index (χ2n) is 7.20. The lowest BCUT2D eigenvalue weighted by molar-refractivity contribution is -0.125. The van der Waals surface area contributed by atoms with Gasteiger partial charge in [0.2, 0.25) is 5.91 Å². The Labute approximate surface area is 151 Å². The summed E-state index contributed by atoms with van der Waals surface area (Å²) >= 11 is 0. The Balaban J connectivity index is 0.00000208. The minimum Gasteiger partial charge on any atom is -0.351 e. The van der Waals surface area contributed by atoms with E-state index in [1.54, 1.807) is 0 Å². The summed E-state index contributed by atoms with van der Waals surface area (Å²) in [5, 5.41) is 6.65. The van der Waals surface area contributed by atoms with Gasteiger partial charge in [0.25, 0.3) is 0 Å². The fourth-order valence-electron chi connectivity index (χ4n) is 3.77. The molecule has 2 aliphatic heterocycles. The number of carbonyl (C=O) groups excluding carboxylic acids is 1. The van der Waals surface area contributed by atoms with Gasteiger partial charge in [-0.3, -0.25) is 9.69 Å². The zero-order valence-corrected chi connectivity index (χ0v) is 15.4. The normalized spacial score (nSPS) is 28.0. The molecule has 2 heterocycles. The molecule has 2 saturated heterocycles. The third-order valence-corrected chi connectivity index (χ3v) is 5.08. The van der Waals surface area contributed by atoms with Crippen LogP contribution in [0.2, 0.25) is 0 Å². The molecule has 3 atom stereocenters. The van der Waals surface area contributed by atoms with Crippen molar-refractivity contribution in [1.29, 1.82) is 0 Å². The van der Waals surface area contributed by atoms with Crippen molar-refractivity contribution in [2.45, 2.75) is 51.2 Å². The molecule has 0 aromatic heterocycles. The van der Waals surface area contributed by atoms with Gasteiger partial charge in [-0.2, -0.15) is 0 Å². The number of piperidine rings is 2. The summed E-state index contributed by atoms with van der Waals surface area (Å²) in [5.41, 5.74) is 1.35. The van der Waals surface area contributed by atoms with Crippen LogP contribution in [0, 0.1) is 5.92 Å². The van der Waals surface area contributed by atoms with Crippen molar-refractivity contribution >= 4 is 18.3 Å². The number of likely N-dealkylation sites (tertiary alicyclic amines) is 1. The number of amides is 1. The van der Waals surface area contributed by atoms with Gasteiger partial charge in [-0.1, -0.05) is 37.3 Å². The molecule has 2 N–H and O–H groups in total. The van der Waals surface area contributed by atoms with Gasteiger partial charge < -0.3 is 10.6 Å². The number of hydrogen-bond acceptors (Lipinski definition) is 3. The van der Waals surface area contributed by atoms with Gasteiger partial charge in [-0.15, -0.1) is 12.4 Å². The number of rotatable bonds is 4. The highest BCUT2D eigenvalue weighted by Gasteiger charge is 2.28. The van der Waals surface area contributed by atoms with E-state index in [1.165, 1.54) is 12.0 Å². The number of hydrogen-bond donors (Lipinski definition) is 2. The van der Waals surface area contributed by atoms with Gasteiger partial charge in [-0.25, -0.2) is 0 Å². The Morgan fingerprint density at radius 2 is 2.08 bits per heavy atom. The monoisotopic (exact) mass is 351 g/mol. The standard InChI is InChI=1S/C19H29N3O.ClH/c1-15-9-10-20-18(12-15)19(23)21-17-8-5-11-22(14-17)13-16-6-3-2-4-7-16;/h2-4,6-7,15,17-18,20H,5,8-14H2,1H3,(H,21,23);1H.